The average Bonchev–Trinajstić information content (AvgIpc) is 2.59. The lowest BCUT2D eigenvalue weighted by Gasteiger charge is -2.12. The van der Waals surface area contributed by atoms with Crippen LogP contribution in [0.25, 0.3) is 0 Å². The van der Waals surface area contributed by atoms with Crippen LogP contribution in [0.15, 0.2) is 47.6 Å². The third kappa shape index (κ3) is 7.92. The first-order chi connectivity index (χ1) is 11.7. The van der Waals surface area contributed by atoms with E-state index in [0.717, 1.165) is 29.5 Å². The molecule has 0 bridgehead atoms. The molecule has 0 aliphatic carbocycles. The Morgan fingerprint density at radius 1 is 1.20 bits per heavy atom. The molecule has 0 unspecified atom stereocenters. The van der Waals surface area contributed by atoms with Crippen LogP contribution in [-0.2, 0) is 13.0 Å². The number of hydrogen-bond acceptors (Lipinski definition) is 3. The van der Waals surface area contributed by atoms with Crippen LogP contribution in [0.1, 0.15) is 18.1 Å². The van der Waals surface area contributed by atoms with Crippen molar-refractivity contribution < 1.29 is 4.74 Å². The zero-order chi connectivity index (χ0) is 17.2. The van der Waals surface area contributed by atoms with Crippen LogP contribution in [0.4, 0.5) is 0 Å². The number of ether oxygens (including phenoxy) is 1. The smallest absolute Gasteiger partial charge is 0.213 e. The van der Waals surface area contributed by atoms with Crippen molar-refractivity contribution in [1.29, 1.82) is 0 Å². The molecule has 2 N–H and O–H groups in total. The zero-order valence-electron chi connectivity index (χ0n) is 14.5. The second-order valence-corrected chi connectivity index (χ2v) is 5.60. The fourth-order valence-corrected chi connectivity index (χ4v) is 2.42. The molecule has 0 amide bonds. The van der Waals surface area contributed by atoms with Gasteiger partial charge in [-0.1, -0.05) is 23.7 Å². The second kappa shape index (κ2) is 11.9. The van der Waals surface area contributed by atoms with Gasteiger partial charge in [0, 0.05) is 37.4 Å². The lowest BCUT2D eigenvalue weighted by Crippen LogP contribution is -2.37. The molecule has 0 aliphatic rings. The maximum Gasteiger partial charge on any atom is 0.213 e. The Hall–Kier alpha value is -1.54. The molecular formula is C18H24ClIN4O. The van der Waals surface area contributed by atoms with Crippen LogP contribution >= 0.6 is 35.6 Å². The van der Waals surface area contributed by atoms with Crippen molar-refractivity contribution in [3.8, 4) is 5.88 Å². The summed E-state index contributed by atoms with van der Waals surface area (Å²) in [6.45, 7) is 3.98. The molecule has 136 valence electrons. The summed E-state index contributed by atoms with van der Waals surface area (Å²) < 4.78 is 5.41. The van der Waals surface area contributed by atoms with Gasteiger partial charge in [-0.15, -0.1) is 24.0 Å². The van der Waals surface area contributed by atoms with E-state index in [4.69, 9.17) is 16.3 Å². The molecule has 0 fully saturated rings. The molecule has 0 saturated carbocycles. The zero-order valence-corrected chi connectivity index (χ0v) is 17.5. The van der Waals surface area contributed by atoms with E-state index in [1.807, 2.05) is 37.3 Å². The summed E-state index contributed by atoms with van der Waals surface area (Å²) in [4.78, 5) is 8.39. The van der Waals surface area contributed by atoms with E-state index in [-0.39, 0.29) is 24.0 Å². The Kier molecular flexibility index (Phi) is 10.3. The number of aliphatic imine (C=N–C) groups is 1. The number of hydrogen-bond donors (Lipinski definition) is 2. The van der Waals surface area contributed by atoms with Crippen LogP contribution in [0.3, 0.4) is 0 Å². The van der Waals surface area contributed by atoms with E-state index >= 15 is 0 Å². The molecule has 0 aliphatic heterocycles. The van der Waals surface area contributed by atoms with E-state index in [9.17, 15) is 0 Å². The number of nitrogens with zero attached hydrogens (tertiary/aromatic N) is 2. The molecule has 1 aromatic carbocycles. The van der Waals surface area contributed by atoms with E-state index < -0.39 is 0 Å². The largest absolute Gasteiger partial charge is 0.478 e. The first-order valence-electron chi connectivity index (χ1n) is 7.98. The number of benzene rings is 1. The molecule has 25 heavy (non-hydrogen) atoms. The van der Waals surface area contributed by atoms with Crippen molar-refractivity contribution in [2.45, 2.75) is 19.9 Å². The maximum atomic E-state index is 5.99. The average molecular weight is 475 g/mol. The van der Waals surface area contributed by atoms with Gasteiger partial charge in [-0.25, -0.2) is 4.98 Å². The predicted molar refractivity (Wildman–Crippen MR) is 114 cm³/mol. The van der Waals surface area contributed by atoms with Gasteiger partial charge < -0.3 is 15.4 Å². The van der Waals surface area contributed by atoms with Crippen molar-refractivity contribution in [2.24, 2.45) is 4.99 Å². The highest BCUT2D eigenvalue weighted by atomic mass is 127. The highest BCUT2D eigenvalue weighted by Gasteiger charge is 2.01. The standard InChI is InChI=1S/C18H23ClN4O.HI/c1-3-24-17-12-15(8-9-21-17)13-23-18(20-2)22-10-7-14-5-4-6-16(19)11-14;/h4-6,8-9,11-12H,3,7,10,13H2,1-2H3,(H2,20,22,23);1H. The van der Waals surface area contributed by atoms with Gasteiger partial charge in [0.2, 0.25) is 5.88 Å². The van der Waals surface area contributed by atoms with Gasteiger partial charge in [-0.3, -0.25) is 4.99 Å². The molecule has 2 aromatic rings. The van der Waals surface area contributed by atoms with Crippen LogP contribution in [0, 0.1) is 0 Å². The maximum absolute atomic E-state index is 5.99. The first-order valence-corrected chi connectivity index (χ1v) is 8.35. The number of guanidine groups is 1. The van der Waals surface area contributed by atoms with Crippen LogP contribution in [0.5, 0.6) is 5.88 Å². The number of pyridine rings is 1. The summed E-state index contributed by atoms with van der Waals surface area (Å²) >= 11 is 5.99. The molecule has 1 aromatic heterocycles. The van der Waals surface area contributed by atoms with Gasteiger partial charge in [0.25, 0.3) is 0 Å². The van der Waals surface area contributed by atoms with Crippen LogP contribution in [-0.4, -0.2) is 31.1 Å². The SMILES string of the molecule is CCOc1cc(CNC(=NC)NCCc2cccc(Cl)c2)ccn1.I. The third-order valence-corrected chi connectivity index (χ3v) is 3.61. The second-order valence-electron chi connectivity index (χ2n) is 5.17. The summed E-state index contributed by atoms with van der Waals surface area (Å²) in [7, 11) is 1.76. The van der Waals surface area contributed by atoms with Crippen molar-refractivity contribution in [2.75, 3.05) is 20.2 Å². The number of aromatic nitrogens is 1. The Morgan fingerprint density at radius 2 is 2.04 bits per heavy atom. The molecule has 0 atom stereocenters. The molecular weight excluding hydrogens is 451 g/mol. The molecule has 5 nitrogen and oxygen atoms in total. The van der Waals surface area contributed by atoms with Crippen molar-refractivity contribution >= 4 is 41.5 Å². The normalized spacial score (nSPS) is 10.8. The first kappa shape index (κ1) is 21.5. The predicted octanol–water partition coefficient (Wildman–Crippen LogP) is 3.66. The number of halogens is 2. The minimum Gasteiger partial charge on any atom is -0.478 e. The molecule has 0 radical (unpaired) electrons. The molecule has 0 spiro atoms. The fraction of sp³-hybridized carbons (Fsp3) is 0.333. The van der Waals surface area contributed by atoms with E-state index in [1.165, 1.54) is 5.56 Å². The van der Waals surface area contributed by atoms with Gasteiger partial charge >= 0.3 is 0 Å². The van der Waals surface area contributed by atoms with Crippen LogP contribution in [0.2, 0.25) is 5.02 Å². The van der Waals surface area contributed by atoms with E-state index in [1.54, 1.807) is 13.2 Å². The van der Waals surface area contributed by atoms with Crippen molar-refractivity contribution in [3.63, 3.8) is 0 Å². The molecule has 7 heteroatoms. The lowest BCUT2D eigenvalue weighted by atomic mass is 10.1. The van der Waals surface area contributed by atoms with Gasteiger partial charge in [0.15, 0.2) is 5.96 Å². The summed E-state index contributed by atoms with van der Waals surface area (Å²) in [5.74, 6) is 1.40. The Morgan fingerprint density at radius 3 is 2.76 bits per heavy atom. The minimum absolute atomic E-state index is 0. The topological polar surface area (TPSA) is 58.5 Å². The third-order valence-electron chi connectivity index (χ3n) is 3.37. The quantitative estimate of drug-likeness (QED) is 0.365. The lowest BCUT2D eigenvalue weighted by molar-refractivity contribution is 0.326. The highest BCUT2D eigenvalue weighted by Crippen LogP contribution is 2.11. The van der Waals surface area contributed by atoms with Gasteiger partial charge in [-0.05, 0) is 42.7 Å². The Labute approximate surface area is 171 Å². The Bertz CT molecular complexity index is 682. The van der Waals surface area contributed by atoms with Crippen LogP contribution < -0.4 is 15.4 Å². The summed E-state index contributed by atoms with van der Waals surface area (Å²) in [5.41, 5.74) is 2.28. The van der Waals surface area contributed by atoms with Crippen molar-refractivity contribution in [3.05, 3.63) is 58.7 Å². The summed E-state index contributed by atoms with van der Waals surface area (Å²) in [5, 5.41) is 7.34. The van der Waals surface area contributed by atoms with E-state index in [0.29, 0.717) is 19.0 Å². The monoisotopic (exact) mass is 474 g/mol. The number of nitrogens with one attached hydrogen (secondary N) is 2. The Balaban J connectivity index is 0.00000312. The number of rotatable bonds is 7. The van der Waals surface area contributed by atoms with Gasteiger partial charge in [0.05, 0.1) is 6.61 Å². The van der Waals surface area contributed by atoms with Gasteiger partial charge in [0.1, 0.15) is 0 Å². The fourth-order valence-electron chi connectivity index (χ4n) is 2.21. The van der Waals surface area contributed by atoms with E-state index in [2.05, 4.69) is 26.7 Å². The molecule has 2 rings (SSSR count). The molecule has 1 heterocycles. The highest BCUT2D eigenvalue weighted by molar-refractivity contribution is 14.0. The summed E-state index contributed by atoms with van der Waals surface area (Å²) in [6, 6.07) is 11.8. The molecule has 0 saturated heterocycles. The minimum atomic E-state index is 0. The van der Waals surface area contributed by atoms with Gasteiger partial charge in [-0.2, -0.15) is 0 Å². The van der Waals surface area contributed by atoms with Crippen molar-refractivity contribution in [1.82, 2.24) is 15.6 Å². The summed E-state index contributed by atoms with van der Waals surface area (Å²) in [6.07, 6.45) is 2.63.